The first-order valence-electron chi connectivity index (χ1n) is 4.80. The van der Waals surface area contributed by atoms with Gasteiger partial charge in [0.1, 0.15) is 6.61 Å². The molecule has 0 fully saturated rings. The van der Waals surface area contributed by atoms with Gasteiger partial charge in [-0.15, -0.1) is 6.42 Å². The number of nitrogens with one attached hydrogen (secondary N) is 1. The van der Waals surface area contributed by atoms with Crippen LogP contribution in [0, 0.1) is 12.3 Å². The molecule has 14 heavy (non-hydrogen) atoms. The molecule has 1 atom stereocenters. The molecule has 2 rings (SSSR count). The summed E-state index contributed by atoms with van der Waals surface area (Å²) in [5, 5.41) is 0. The maximum Gasteiger partial charge on any atom is 0.128 e. The van der Waals surface area contributed by atoms with Gasteiger partial charge in [0.05, 0.1) is 6.04 Å². The second kappa shape index (κ2) is 4.28. The molecular formula is C12H13NO. The quantitative estimate of drug-likeness (QED) is 0.443. The van der Waals surface area contributed by atoms with Crippen LogP contribution in [-0.4, -0.2) is 6.61 Å². The Balaban J connectivity index is 2.00. The molecule has 2 heteroatoms. The third-order valence-corrected chi connectivity index (χ3v) is 2.51. The summed E-state index contributed by atoms with van der Waals surface area (Å²) in [6, 6.07) is 8.74. The number of hydrogen-bond donors (Lipinski definition) is 1. The standard InChI is InChI=1S/C12H13NO/c1-2-9-14-13-12-8-7-10-5-3-4-6-11(10)12/h1,3-6,12-13H,7-9H2. The van der Waals surface area contributed by atoms with Gasteiger partial charge in [-0.05, 0) is 24.0 Å². The highest BCUT2D eigenvalue weighted by Gasteiger charge is 2.21. The highest BCUT2D eigenvalue weighted by molar-refractivity contribution is 5.33. The third kappa shape index (κ3) is 1.79. The zero-order valence-electron chi connectivity index (χ0n) is 7.99. The van der Waals surface area contributed by atoms with Crippen molar-refractivity contribution in [3.05, 3.63) is 35.4 Å². The molecule has 2 nitrogen and oxygen atoms in total. The second-order valence-corrected chi connectivity index (χ2v) is 3.40. The molecule has 0 aromatic heterocycles. The van der Waals surface area contributed by atoms with Crippen LogP contribution in [0.2, 0.25) is 0 Å². The van der Waals surface area contributed by atoms with Crippen LogP contribution < -0.4 is 5.48 Å². The van der Waals surface area contributed by atoms with E-state index in [0.29, 0.717) is 12.6 Å². The largest absolute Gasteiger partial charge is 0.288 e. The number of fused-ring (bicyclic) bond motifs is 1. The lowest BCUT2D eigenvalue weighted by Crippen LogP contribution is -2.19. The Hall–Kier alpha value is -1.30. The lowest BCUT2D eigenvalue weighted by Gasteiger charge is -2.12. The van der Waals surface area contributed by atoms with Crippen molar-refractivity contribution in [2.24, 2.45) is 0 Å². The van der Waals surface area contributed by atoms with Crippen LogP contribution in [0.5, 0.6) is 0 Å². The molecule has 1 aromatic rings. The molecule has 1 N–H and O–H groups in total. The van der Waals surface area contributed by atoms with Gasteiger partial charge in [-0.25, -0.2) is 0 Å². The fourth-order valence-corrected chi connectivity index (χ4v) is 1.86. The summed E-state index contributed by atoms with van der Waals surface area (Å²) in [6.07, 6.45) is 7.30. The average molecular weight is 187 g/mol. The Morgan fingerprint density at radius 1 is 1.50 bits per heavy atom. The summed E-state index contributed by atoms with van der Waals surface area (Å²) in [5.41, 5.74) is 5.75. The van der Waals surface area contributed by atoms with Crippen molar-refractivity contribution in [3.63, 3.8) is 0 Å². The van der Waals surface area contributed by atoms with E-state index >= 15 is 0 Å². The Morgan fingerprint density at radius 3 is 3.21 bits per heavy atom. The molecule has 0 spiro atoms. The SMILES string of the molecule is C#CCONC1CCc2ccccc21. The fraction of sp³-hybridized carbons (Fsp3) is 0.333. The average Bonchev–Trinajstić information content (AvgIpc) is 2.63. The summed E-state index contributed by atoms with van der Waals surface area (Å²) >= 11 is 0. The normalized spacial score (nSPS) is 18.9. The minimum atomic E-state index is 0.305. The predicted octanol–water partition coefficient (Wildman–Crippen LogP) is 1.83. The summed E-state index contributed by atoms with van der Waals surface area (Å²) in [5.74, 6) is 2.43. The number of aryl methyl sites for hydroxylation is 1. The van der Waals surface area contributed by atoms with Gasteiger partial charge in [-0.2, -0.15) is 5.48 Å². The van der Waals surface area contributed by atoms with E-state index in [1.807, 2.05) is 0 Å². The van der Waals surface area contributed by atoms with Crippen LogP contribution in [0.25, 0.3) is 0 Å². The molecule has 0 saturated heterocycles. The number of hydrogen-bond acceptors (Lipinski definition) is 2. The summed E-state index contributed by atoms with van der Waals surface area (Å²) in [7, 11) is 0. The van der Waals surface area contributed by atoms with Gasteiger partial charge in [0.25, 0.3) is 0 Å². The zero-order chi connectivity index (χ0) is 9.80. The van der Waals surface area contributed by atoms with Crippen molar-refractivity contribution in [2.75, 3.05) is 6.61 Å². The van der Waals surface area contributed by atoms with Crippen LogP contribution in [0.15, 0.2) is 24.3 Å². The van der Waals surface area contributed by atoms with Crippen molar-refractivity contribution >= 4 is 0 Å². The lowest BCUT2D eigenvalue weighted by atomic mass is 10.1. The van der Waals surface area contributed by atoms with Gasteiger partial charge in [-0.1, -0.05) is 30.2 Å². The fourth-order valence-electron chi connectivity index (χ4n) is 1.86. The molecule has 72 valence electrons. The highest BCUT2D eigenvalue weighted by Crippen LogP contribution is 2.30. The molecule has 0 bridgehead atoms. The van der Waals surface area contributed by atoms with E-state index in [2.05, 4.69) is 35.7 Å². The van der Waals surface area contributed by atoms with E-state index in [1.165, 1.54) is 11.1 Å². The van der Waals surface area contributed by atoms with Crippen molar-refractivity contribution in [1.29, 1.82) is 0 Å². The molecule has 0 aliphatic heterocycles. The summed E-state index contributed by atoms with van der Waals surface area (Å²) < 4.78 is 0. The first-order valence-corrected chi connectivity index (χ1v) is 4.80. The van der Waals surface area contributed by atoms with Gasteiger partial charge >= 0.3 is 0 Å². The van der Waals surface area contributed by atoms with Crippen LogP contribution >= 0.6 is 0 Å². The first-order chi connectivity index (χ1) is 6.92. The van der Waals surface area contributed by atoms with Crippen LogP contribution in [-0.2, 0) is 11.3 Å². The minimum absolute atomic E-state index is 0.305. The van der Waals surface area contributed by atoms with E-state index in [0.717, 1.165) is 12.8 Å². The van der Waals surface area contributed by atoms with Crippen molar-refractivity contribution in [3.8, 4) is 12.3 Å². The topological polar surface area (TPSA) is 21.3 Å². The summed E-state index contributed by atoms with van der Waals surface area (Å²) in [6.45, 7) is 0.318. The predicted molar refractivity (Wildman–Crippen MR) is 55.4 cm³/mol. The van der Waals surface area contributed by atoms with E-state index in [9.17, 15) is 0 Å². The molecule has 1 aliphatic carbocycles. The van der Waals surface area contributed by atoms with Crippen LogP contribution in [0.4, 0.5) is 0 Å². The molecule has 0 radical (unpaired) electrons. The Bertz CT molecular complexity index is 354. The van der Waals surface area contributed by atoms with Crippen LogP contribution in [0.3, 0.4) is 0 Å². The Morgan fingerprint density at radius 2 is 2.36 bits per heavy atom. The zero-order valence-corrected chi connectivity index (χ0v) is 7.99. The second-order valence-electron chi connectivity index (χ2n) is 3.40. The maximum absolute atomic E-state index is 5.14. The van der Waals surface area contributed by atoms with Gasteiger partial charge < -0.3 is 0 Å². The van der Waals surface area contributed by atoms with Gasteiger partial charge in [0, 0.05) is 0 Å². The number of hydroxylamine groups is 1. The van der Waals surface area contributed by atoms with Crippen LogP contribution in [0.1, 0.15) is 23.6 Å². The van der Waals surface area contributed by atoms with Gasteiger partial charge in [0.2, 0.25) is 0 Å². The molecule has 1 unspecified atom stereocenters. The minimum Gasteiger partial charge on any atom is -0.288 e. The highest BCUT2D eigenvalue weighted by atomic mass is 16.6. The van der Waals surface area contributed by atoms with E-state index in [1.54, 1.807) is 0 Å². The van der Waals surface area contributed by atoms with E-state index in [-0.39, 0.29) is 0 Å². The smallest absolute Gasteiger partial charge is 0.128 e. The number of rotatable bonds is 3. The lowest BCUT2D eigenvalue weighted by molar-refractivity contribution is 0.0382. The van der Waals surface area contributed by atoms with Crippen molar-refractivity contribution in [1.82, 2.24) is 5.48 Å². The molecule has 1 aliphatic rings. The Kier molecular flexibility index (Phi) is 2.83. The maximum atomic E-state index is 5.14. The van der Waals surface area contributed by atoms with Gasteiger partial charge in [0.15, 0.2) is 0 Å². The van der Waals surface area contributed by atoms with E-state index in [4.69, 9.17) is 11.3 Å². The van der Waals surface area contributed by atoms with Crippen molar-refractivity contribution in [2.45, 2.75) is 18.9 Å². The molecule has 0 heterocycles. The number of benzene rings is 1. The summed E-state index contributed by atoms with van der Waals surface area (Å²) in [4.78, 5) is 5.14. The van der Waals surface area contributed by atoms with Crippen molar-refractivity contribution < 1.29 is 4.84 Å². The van der Waals surface area contributed by atoms with Gasteiger partial charge in [-0.3, -0.25) is 4.84 Å². The first kappa shape index (κ1) is 9.26. The monoisotopic (exact) mass is 187 g/mol. The third-order valence-electron chi connectivity index (χ3n) is 2.51. The molecule has 0 saturated carbocycles. The Labute approximate surface area is 84.2 Å². The number of terminal acetylenes is 1. The molecule has 0 amide bonds. The van der Waals surface area contributed by atoms with E-state index < -0.39 is 0 Å². The molecular weight excluding hydrogens is 174 g/mol. The molecule has 1 aromatic carbocycles.